The number of aromatic nitrogens is 4. The van der Waals surface area contributed by atoms with Gasteiger partial charge in [0.1, 0.15) is 0 Å². The van der Waals surface area contributed by atoms with Crippen LogP contribution in [0.4, 0.5) is 0 Å². The van der Waals surface area contributed by atoms with E-state index in [0.29, 0.717) is 5.95 Å². The van der Waals surface area contributed by atoms with E-state index in [0.717, 1.165) is 65.5 Å². The highest BCUT2D eigenvalue weighted by Crippen LogP contribution is 2.43. The number of hydrogen-bond acceptors (Lipinski definition) is 3. The molecule has 0 radical (unpaired) electrons. The highest BCUT2D eigenvalue weighted by molar-refractivity contribution is 7.26. The smallest absolute Gasteiger partial charge is 0.235 e. The van der Waals surface area contributed by atoms with Crippen LogP contribution in [0.2, 0.25) is 0 Å². The molecular weight excluding hydrogens is 833 g/mol. The van der Waals surface area contributed by atoms with Gasteiger partial charge in [-0.3, -0.25) is 4.57 Å². The Morgan fingerprint density at radius 1 is 0.343 bits per heavy atom. The van der Waals surface area contributed by atoms with Crippen molar-refractivity contribution < 1.29 is 0 Å². The van der Waals surface area contributed by atoms with E-state index in [-0.39, 0.29) is 0 Å². The molecule has 0 N–H and O–H groups in total. The van der Waals surface area contributed by atoms with Gasteiger partial charge < -0.3 is 4.57 Å². The lowest BCUT2D eigenvalue weighted by atomic mass is 9.91. The summed E-state index contributed by atoms with van der Waals surface area (Å²) < 4.78 is 6.91. The van der Waals surface area contributed by atoms with E-state index < -0.39 is 0 Å². The van der Waals surface area contributed by atoms with Gasteiger partial charge in [-0.15, -0.1) is 11.3 Å². The van der Waals surface area contributed by atoms with Gasteiger partial charge in [0.15, 0.2) is 0 Å². The molecule has 0 unspecified atom stereocenters. The van der Waals surface area contributed by atoms with E-state index in [9.17, 15) is 0 Å². The Labute approximate surface area is 389 Å². The maximum absolute atomic E-state index is 5.60. The SMILES string of the molecule is c1ccc(-c2cccc3cccc(-c4cccc(-c5nc(-n6c7ccccc7c7cc(-c8ccc9c(c8)c8ccccc8n9-c8ccccc8)ccc76)nc6c5sc5ccccc56)c4)c23)cc1. The summed E-state index contributed by atoms with van der Waals surface area (Å²) in [4.78, 5) is 11.1. The summed E-state index contributed by atoms with van der Waals surface area (Å²) in [6.45, 7) is 0. The number of para-hydroxylation sites is 3. The second-order valence-electron chi connectivity index (χ2n) is 17.3. The fraction of sp³-hybridized carbons (Fsp3) is 0. The van der Waals surface area contributed by atoms with Gasteiger partial charge >= 0.3 is 0 Å². The first kappa shape index (κ1) is 37.7. The van der Waals surface area contributed by atoms with Gasteiger partial charge in [-0.1, -0.05) is 170 Å². The Morgan fingerprint density at radius 2 is 0.881 bits per heavy atom. The van der Waals surface area contributed by atoms with Crippen LogP contribution in [0.15, 0.2) is 231 Å². The molecule has 312 valence electrons. The van der Waals surface area contributed by atoms with Crippen LogP contribution in [-0.4, -0.2) is 19.1 Å². The predicted octanol–water partition coefficient (Wildman–Crippen LogP) is 16.9. The van der Waals surface area contributed by atoms with Crippen molar-refractivity contribution in [2.45, 2.75) is 0 Å². The molecule has 5 heteroatoms. The second-order valence-corrected chi connectivity index (χ2v) is 18.4. The molecular formula is C62H38N4S. The first-order chi connectivity index (χ1) is 33.2. The van der Waals surface area contributed by atoms with Gasteiger partial charge in [-0.2, -0.15) is 0 Å². The minimum absolute atomic E-state index is 0.655. The molecule has 0 aliphatic carbocycles. The molecule has 0 aliphatic heterocycles. The zero-order valence-corrected chi connectivity index (χ0v) is 37.0. The topological polar surface area (TPSA) is 35.6 Å². The first-order valence-corrected chi connectivity index (χ1v) is 23.5. The molecule has 0 amide bonds. The molecule has 0 aliphatic rings. The Bertz CT molecular complexity index is 4270. The lowest BCUT2D eigenvalue weighted by Gasteiger charge is -2.14. The van der Waals surface area contributed by atoms with Crippen molar-refractivity contribution in [1.29, 1.82) is 0 Å². The van der Waals surface area contributed by atoms with E-state index in [1.165, 1.54) is 59.5 Å². The maximum atomic E-state index is 5.60. The number of hydrogen-bond donors (Lipinski definition) is 0. The second kappa shape index (κ2) is 15.0. The summed E-state index contributed by atoms with van der Waals surface area (Å²) >= 11 is 1.77. The summed E-state index contributed by atoms with van der Waals surface area (Å²) in [5.41, 5.74) is 15.7. The van der Waals surface area contributed by atoms with Gasteiger partial charge in [0, 0.05) is 42.9 Å². The van der Waals surface area contributed by atoms with Crippen LogP contribution in [0, 0.1) is 0 Å². The third kappa shape index (κ3) is 5.92. The van der Waals surface area contributed by atoms with E-state index in [1.54, 1.807) is 11.3 Å². The molecule has 10 aromatic carbocycles. The van der Waals surface area contributed by atoms with Gasteiger partial charge in [-0.05, 0) is 105 Å². The number of fused-ring (bicyclic) bond motifs is 10. The summed E-state index contributed by atoms with van der Waals surface area (Å²) in [5.74, 6) is 0.655. The highest BCUT2D eigenvalue weighted by Gasteiger charge is 2.22. The van der Waals surface area contributed by atoms with Crippen molar-refractivity contribution in [3.05, 3.63) is 231 Å². The summed E-state index contributed by atoms with van der Waals surface area (Å²) in [7, 11) is 0. The summed E-state index contributed by atoms with van der Waals surface area (Å²) in [5, 5.41) is 8.39. The highest BCUT2D eigenvalue weighted by atomic mass is 32.1. The lowest BCUT2D eigenvalue weighted by molar-refractivity contribution is 1.02. The standard InChI is InChI=1S/C62H38N4S/c1-3-16-39(17-4-1)46-27-14-18-40-19-15-28-47(58(40)46)43-20-13-21-44(36-43)59-61-60(50-26-9-12-31-57(50)67-61)64-62(63-59)66-54-30-11-8-25-49(54)52-38-42(33-35-56(52)66)41-32-34-55-51(37-41)48-24-7-10-29-53(48)65(55)45-22-5-2-6-23-45/h1-38H. The normalized spacial score (nSPS) is 11.9. The van der Waals surface area contributed by atoms with Crippen LogP contribution in [0.5, 0.6) is 0 Å². The van der Waals surface area contributed by atoms with E-state index >= 15 is 0 Å². The van der Waals surface area contributed by atoms with E-state index in [1.807, 2.05) is 0 Å². The van der Waals surface area contributed by atoms with Crippen LogP contribution in [0.25, 0.3) is 131 Å². The largest absolute Gasteiger partial charge is 0.309 e. The lowest BCUT2D eigenvalue weighted by Crippen LogP contribution is -2.02. The molecule has 4 heterocycles. The fourth-order valence-electron chi connectivity index (χ4n) is 10.5. The Balaban J connectivity index is 0.954. The third-order valence-corrected chi connectivity index (χ3v) is 14.7. The van der Waals surface area contributed by atoms with Gasteiger partial charge in [0.05, 0.1) is 38.0 Å². The Hall–Kier alpha value is -8.64. The molecule has 14 rings (SSSR count). The molecule has 0 fully saturated rings. The minimum Gasteiger partial charge on any atom is -0.309 e. The number of rotatable bonds is 6. The monoisotopic (exact) mass is 870 g/mol. The molecule has 0 saturated heterocycles. The number of thiophene rings is 1. The Morgan fingerprint density at radius 3 is 1.60 bits per heavy atom. The summed E-state index contributed by atoms with van der Waals surface area (Å²) in [6.07, 6.45) is 0. The summed E-state index contributed by atoms with van der Waals surface area (Å²) in [6, 6.07) is 83.3. The minimum atomic E-state index is 0.655. The van der Waals surface area contributed by atoms with E-state index in [2.05, 4.69) is 240 Å². The van der Waals surface area contributed by atoms with Crippen molar-refractivity contribution in [2.75, 3.05) is 0 Å². The van der Waals surface area contributed by atoms with Gasteiger partial charge in [-0.25, -0.2) is 9.97 Å². The van der Waals surface area contributed by atoms with E-state index in [4.69, 9.17) is 9.97 Å². The average molecular weight is 871 g/mol. The van der Waals surface area contributed by atoms with Crippen LogP contribution in [0.3, 0.4) is 0 Å². The number of nitrogens with zero attached hydrogens (tertiary/aromatic N) is 4. The fourth-order valence-corrected chi connectivity index (χ4v) is 11.7. The van der Waals surface area contributed by atoms with Crippen LogP contribution >= 0.6 is 11.3 Å². The molecule has 0 atom stereocenters. The van der Waals surface area contributed by atoms with Crippen molar-refractivity contribution in [3.8, 4) is 56.3 Å². The van der Waals surface area contributed by atoms with Crippen LogP contribution in [0.1, 0.15) is 0 Å². The van der Waals surface area contributed by atoms with Gasteiger partial charge in [0.25, 0.3) is 0 Å². The third-order valence-electron chi connectivity index (χ3n) is 13.5. The molecule has 67 heavy (non-hydrogen) atoms. The van der Waals surface area contributed by atoms with Crippen molar-refractivity contribution in [2.24, 2.45) is 0 Å². The van der Waals surface area contributed by atoms with Crippen molar-refractivity contribution in [1.82, 2.24) is 19.1 Å². The quantitative estimate of drug-likeness (QED) is 0.167. The first-order valence-electron chi connectivity index (χ1n) is 22.7. The molecule has 0 bridgehead atoms. The zero-order valence-electron chi connectivity index (χ0n) is 36.1. The predicted molar refractivity (Wildman–Crippen MR) is 283 cm³/mol. The molecule has 14 aromatic rings. The Kier molecular flexibility index (Phi) is 8.42. The van der Waals surface area contributed by atoms with Crippen LogP contribution < -0.4 is 0 Å². The van der Waals surface area contributed by atoms with Crippen molar-refractivity contribution >= 4 is 86.0 Å². The maximum Gasteiger partial charge on any atom is 0.235 e. The molecule has 4 aromatic heterocycles. The molecule has 0 saturated carbocycles. The molecule has 0 spiro atoms. The zero-order chi connectivity index (χ0) is 44.0. The van der Waals surface area contributed by atoms with Crippen LogP contribution in [-0.2, 0) is 0 Å². The van der Waals surface area contributed by atoms with Gasteiger partial charge in [0.2, 0.25) is 5.95 Å². The average Bonchev–Trinajstić information content (AvgIpc) is 4.06. The molecule has 4 nitrogen and oxygen atoms in total. The number of benzene rings is 10. The van der Waals surface area contributed by atoms with Crippen molar-refractivity contribution in [3.63, 3.8) is 0 Å².